The molecule has 0 spiro atoms. The van der Waals surface area contributed by atoms with Gasteiger partial charge in [0.25, 0.3) is 0 Å². The monoisotopic (exact) mass is 226 g/mol. The van der Waals surface area contributed by atoms with E-state index in [1.165, 1.54) is 25.8 Å². The Morgan fingerprint density at radius 3 is 2.75 bits per heavy atom. The molecule has 0 aromatic rings. The van der Waals surface area contributed by atoms with Gasteiger partial charge in [0.15, 0.2) is 0 Å². The first-order valence-electron chi connectivity index (χ1n) is 6.82. The minimum atomic E-state index is 0.421. The average Bonchev–Trinajstić information content (AvgIpc) is 2.67. The predicted molar refractivity (Wildman–Crippen MR) is 66.4 cm³/mol. The zero-order chi connectivity index (χ0) is 11.5. The quantitative estimate of drug-likeness (QED) is 0.794. The molecule has 94 valence electrons. The van der Waals surface area contributed by atoms with Crippen LogP contribution < -0.4 is 5.73 Å². The lowest BCUT2D eigenvalue weighted by Crippen LogP contribution is -2.48. The van der Waals surface area contributed by atoms with Crippen molar-refractivity contribution in [2.75, 3.05) is 19.6 Å². The summed E-state index contributed by atoms with van der Waals surface area (Å²) in [6.45, 7) is 7.88. The molecule has 2 fully saturated rings. The minimum Gasteiger partial charge on any atom is -0.374 e. The molecule has 0 radical (unpaired) electrons. The Bertz CT molecular complexity index is 222. The van der Waals surface area contributed by atoms with E-state index >= 15 is 0 Å². The Morgan fingerprint density at radius 2 is 2.12 bits per heavy atom. The summed E-state index contributed by atoms with van der Waals surface area (Å²) in [5.41, 5.74) is 6.12. The van der Waals surface area contributed by atoms with Crippen LogP contribution in [-0.2, 0) is 4.74 Å². The minimum absolute atomic E-state index is 0.421. The van der Waals surface area contributed by atoms with Crippen LogP contribution in [0.25, 0.3) is 0 Å². The Balaban J connectivity index is 1.78. The van der Waals surface area contributed by atoms with Gasteiger partial charge in [-0.2, -0.15) is 0 Å². The van der Waals surface area contributed by atoms with Crippen molar-refractivity contribution in [3.05, 3.63) is 0 Å². The second-order valence-electron chi connectivity index (χ2n) is 5.53. The number of likely N-dealkylation sites (tertiary alicyclic amines) is 1. The fraction of sp³-hybridized carbons (Fsp3) is 1.00. The topological polar surface area (TPSA) is 38.5 Å². The highest BCUT2D eigenvalue weighted by atomic mass is 16.5. The summed E-state index contributed by atoms with van der Waals surface area (Å²) in [5, 5.41) is 0. The van der Waals surface area contributed by atoms with Crippen molar-refractivity contribution in [3.8, 4) is 0 Å². The fourth-order valence-electron chi connectivity index (χ4n) is 3.03. The lowest BCUT2D eigenvalue weighted by atomic mass is 9.90. The number of ether oxygens (including phenoxy) is 1. The Labute approximate surface area is 99.3 Å². The van der Waals surface area contributed by atoms with Gasteiger partial charge in [-0.25, -0.2) is 0 Å². The number of nitrogens with two attached hydrogens (primary N) is 1. The van der Waals surface area contributed by atoms with Crippen LogP contribution in [0.2, 0.25) is 0 Å². The summed E-state index contributed by atoms with van der Waals surface area (Å²) in [7, 11) is 0. The molecule has 4 unspecified atom stereocenters. The van der Waals surface area contributed by atoms with Crippen LogP contribution in [0.4, 0.5) is 0 Å². The normalized spacial score (nSPS) is 41.4. The van der Waals surface area contributed by atoms with E-state index in [0.29, 0.717) is 24.2 Å². The lowest BCUT2D eigenvalue weighted by Gasteiger charge is -2.37. The van der Waals surface area contributed by atoms with E-state index in [9.17, 15) is 0 Å². The summed E-state index contributed by atoms with van der Waals surface area (Å²) in [4.78, 5) is 2.56. The number of nitrogens with zero attached hydrogens (tertiary/aromatic N) is 1. The summed E-state index contributed by atoms with van der Waals surface area (Å²) in [5.74, 6) is 0.688. The maximum absolute atomic E-state index is 6.12. The average molecular weight is 226 g/mol. The molecule has 0 saturated carbocycles. The smallest absolute Gasteiger partial charge is 0.0706 e. The number of rotatable bonds is 3. The SMILES string of the molecule is CCC1CN(CC2CCC(C)O2)CCC1N. The summed E-state index contributed by atoms with van der Waals surface area (Å²) in [6, 6.07) is 0.421. The van der Waals surface area contributed by atoms with Gasteiger partial charge in [-0.1, -0.05) is 13.3 Å². The van der Waals surface area contributed by atoms with Gasteiger partial charge in [-0.3, -0.25) is 0 Å². The Kier molecular flexibility index (Phi) is 4.22. The predicted octanol–water partition coefficient (Wildman–Crippen LogP) is 1.61. The number of hydrogen-bond acceptors (Lipinski definition) is 3. The number of hydrogen-bond donors (Lipinski definition) is 1. The second-order valence-corrected chi connectivity index (χ2v) is 5.53. The van der Waals surface area contributed by atoms with Crippen molar-refractivity contribution in [2.45, 2.75) is 57.8 Å². The van der Waals surface area contributed by atoms with Gasteiger partial charge < -0.3 is 15.4 Å². The van der Waals surface area contributed by atoms with E-state index in [2.05, 4.69) is 18.7 Å². The van der Waals surface area contributed by atoms with E-state index < -0.39 is 0 Å². The van der Waals surface area contributed by atoms with Crippen LogP contribution in [0.15, 0.2) is 0 Å². The molecule has 2 aliphatic rings. The highest BCUT2D eigenvalue weighted by molar-refractivity contribution is 4.84. The molecule has 16 heavy (non-hydrogen) atoms. The molecule has 2 heterocycles. The zero-order valence-corrected chi connectivity index (χ0v) is 10.7. The summed E-state index contributed by atoms with van der Waals surface area (Å²) >= 11 is 0. The van der Waals surface area contributed by atoms with Crippen molar-refractivity contribution in [1.82, 2.24) is 4.90 Å². The lowest BCUT2D eigenvalue weighted by molar-refractivity contribution is 0.0194. The third-order valence-electron chi connectivity index (χ3n) is 4.18. The van der Waals surface area contributed by atoms with E-state index in [1.54, 1.807) is 0 Å². The molecule has 3 heteroatoms. The standard InChI is InChI=1S/C13H26N2O/c1-3-11-8-15(7-6-13(11)14)9-12-5-4-10(2)16-12/h10-13H,3-9,14H2,1-2H3. The molecule has 2 saturated heterocycles. The molecular weight excluding hydrogens is 200 g/mol. The van der Waals surface area contributed by atoms with Gasteiger partial charge in [0.2, 0.25) is 0 Å². The van der Waals surface area contributed by atoms with Crippen LogP contribution in [-0.4, -0.2) is 42.8 Å². The third kappa shape index (κ3) is 2.96. The Hall–Kier alpha value is -0.120. The molecule has 2 rings (SSSR count). The van der Waals surface area contributed by atoms with Gasteiger partial charge in [0, 0.05) is 19.1 Å². The molecule has 2 N–H and O–H groups in total. The zero-order valence-electron chi connectivity index (χ0n) is 10.7. The molecule has 2 aliphatic heterocycles. The first kappa shape index (κ1) is 12.3. The largest absolute Gasteiger partial charge is 0.374 e. The maximum Gasteiger partial charge on any atom is 0.0706 e. The molecule has 4 atom stereocenters. The highest BCUT2D eigenvalue weighted by Crippen LogP contribution is 2.23. The van der Waals surface area contributed by atoms with Gasteiger partial charge in [0.05, 0.1) is 12.2 Å². The molecule has 0 aromatic carbocycles. The highest BCUT2D eigenvalue weighted by Gasteiger charge is 2.29. The van der Waals surface area contributed by atoms with Crippen LogP contribution in [0.1, 0.15) is 39.5 Å². The molecule has 3 nitrogen and oxygen atoms in total. The molecule has 0 aromatic heterocycles. The van der Waals surface area contributed by atoms with Crippen LogP contribution in [0.5, 0.6) is 0 Å². The summed E-state index contributed by atoms with van der Waals surface area (Å²) in [6.07, 6.45) is 5.77. The van der Waals surface area contributed by atoms with Gasteiger partial charge in [0.1, 0.15) is 0 Å². The van der Waals surface area contributed by atoms with Crippen molar-refractivity contribution < 1.29 is 4.74 Å². The van der Waals surface area contributed by atoms with Crippen molar-refractivity contribution in [3.63, 3.8) is 0 Å². The van der Waals surface area contributed by atoms with E-state index in [-0.39, 0.29) is 0 Å². The van der Waals surface area contributed by atoms with Crippen molar-refractivity contribution in [2.24, 2.45) is 11.7 Å². The molecular formula is C13H26N2O. The van der Waals surface area contributed by atoms with Crippen molar-refractivity contribution >= 4 is 0 Å². The first-order valence-corrected chi connectivity index (χ1v) is 6.82. The van der Waals surface area contributed by atoms with E-state index in [4.69, 9.17) is 10.5 Å². The third-order valence-corrected chi connectivity index (χ3v) is 4.18. The van der Waals surface area contributed by atoms with E-state index in [1.807, 2.05) is 0 Å². The molecule has 0 bridgehead atoms. The van der Waals surface area contributed by atoms with Gasteiger partial charge >= 0.3 is 0 Å². The van der Waals surface area contributed by atoms with Crippen LogP contribution in [0, 0.1) is 5.92 Å². The first-order chi connectivity index (χ1) is 7.69. The van der Waals surface area contributed by atoms with Crippen molar-refractivity contribution in [1.29, 1.82) is 0 Å². The van der Waals surface area contributed by atoms with E-state index in [0.717, 1.165) is 19.5 Å². The number of piperidine rings is 1. The van der Waals surface area contributed by atoms with Crippen LogP contribution >= 0.6 is 0 Å². The second kappa shape index (κ2) is 5.48. The Morgan fingerprint density at radius 1 is 1.31 bits per heavy atom. The van der Waals surface area contributed by atoms with Gasteiger partial charge in [-0.05, 0) is 38.6 Å². The van der Waals surface area contributed by atoms with Gasteiger partial charge in [-0.15, -0.1) is 0 Å². The maximum atomic E-state index is 6.12. The summed E-state index contributed by atoms with van der Waals surface area (Å²) < 4.78 is 5.89. The molecule has 0 aliphatic carbocycles. The fourth-order valence-corrected chi connectivity index (χ4v) is 3.03. The van der Waals surface area contributed by atoms with Crippen LogP contribution in [0.3, 0.4) is 0 Å². The molecule has 0 amide bonds.